The molecule has 0 N–H and O–H groups in total. The van der Waals surface area contributed by atoms with Gasteiger partial charge in [-0.05, 0) is 55.7 Å². The molecule has 0 amide bonds. The molecule has 0 saturated carbocycles. The summed E-state index contributed by atoms with van der Waals surface area (Å²) in [6, 6.07) is 8.34. The Bertz CT molecular complexity index is 1250. The predicted octanol–water partition coefficient (Wildman–Crippen LogP) is 3.78. The molecule has 1 unspecified atom stereocenters. The lowest BCUT2D eigenvalue weighted by atomic mass is 9.88. The Morgan fingerprint density at radius 3 is 2.32 bits per heavy atom. The summed E-state index contributed by atoms with van der Waals surface area (Å²) in [5.41, 5.74) is 1.06. The number of amidine groups is 1. The fourth-order valence-corrected chi connectivity index (χ4v) is 6.99. The third-order valence-electron chi connectivity index (χ3n) is 8.52. The number of ether oxygens (including phenoxy) is 1. The number of hydrogen-bond donors (Lipinski definition) is 0. The Morgan fingerprint density at radius 2 is 1.66 bits per heavy atom. The highest BCUT2D eigenvalue weighted by molar-refractivity contribution is 7.88. The molecule has 2 saturated heterocycles. The molecule has 4 aliphatic rings. The van der Waals surface area contributed by atoms with Gasteiger partial charge in [0.15, 0.2) is 5.71 Å². The second kappa shape index (κ2) is 12.8. The van der Waals surface area contributed by atoms with Gasteiger partial charge in [0, 0.05) is 58.8 Å². The number of piperidine rings is 1. The maximum Gasteiger partial charge on any atom is 0.431 e. The highest BCUT2D eigenvalue weighted by atomic mass is 32.2. The number of sulfonamides is 1. The van der Waals surface area contributed by atoms with E-state index >= 15 is 0 Å². The molecule has 0 aromatic heterocycles. The van der Waals surface area contributed by atoms with Crippen molar-refractivity contribution in [2.45, 2.75) is 50.6 Å². The van der Waals surface area contributed by atoms with Crippen LogP contribution in [0.15, 0.2) is 39.5 Å². The lowest BCUT2D eigenvalue weighted by Crippen LogP contribution is -2.48. The molecule has 1 atom stereocenters. The molecule has 5 rings (SSSR count). The van der Waals surface area contributed by atoms with E-state index in [0.29, 0.717) is 57.1 Å². The summed E-state index contributed by atoms with van der Waals surface area (Å²) in [6.45, 7) is 6.20. The van der Waals surface area contributed by atoms with Gasteiger partial charge in [-0.25, -0.2) is 8.42 Å². The number of halogens is 3. The van der Waals surface area contributed by atoms with Crippen LogP contribution in [0.4, 0.5) is 13.2 Å². The second-order valence-electron chi connectivity index (χ2n) is 11.2. The maximum absolute atomic E-state index is 13.2. The lowest BCUT2D eigenvalue weighted by molar-refractivity contribution is -0.0616. The zero-order valence-corrected chi connectivity index (χ0v) is 24.3. The van der Waals surface area contributed by atoms with E-state index in [4.69, 9.17) is 9.73 Å². The van der Waals surface area contributed by atoms with Crippen LogP contribution in [0.3, 0.4) is 0 Å². The minimum atomic E-state index is -4.44. The van der Waals surface area contributed by atoms with Crippen LogP contribution in [0, 0.1) is 5.92 Å². The number of fused-ring (bicyclic) bond motifs is 1. The van der Waals surface area contributed by atoms with E-state index in [1.54, 1.807) is 0 Å². The summed E-state index contributed by atoms with van der Waals surface area (Å²) in [5, 5.41) is 7.34. The molecule has 41 heavy (non-hydrogen) atoms. The summed E-state index contributed by atoms with van der Waals surface area (Å²) in [4.78, 5) is 9.26. The third-order valence-corrected chi connectivity index (χ3v) is 9.83. The number of aliphatic imine (C=N–C) groups is 1. The number of alkyl halides is 3. The highest BCUT2D eigenvalue weighted by Crippen LogP contribution is 2.33. The van der Waals surface area contributed by atoms with Gasteiger partial charge in [0.2, 0.25) is 10.0 Å². The van der Waals surface area contributed by atoms with Crippen LogP contribution in [0.2, 0.25) is 0 Å². The first-order valence-corrected chi connectivity index (χ1v) is 16.3. The van der Waals surface area contributed by atoms with Crippen LogP contribution < -0.4 is 4.74 Å². The van der Waals surface area contributed by atoms with Gasteiger partial charge in [0.25, 0.3) is 0 Å². The second-order valence-corrected chi connectivity index (χ2v) is 13.2. The van der Waals surface area contributed by atoms with Crippen molar-refractivity contribution in [3.63, 3.8) is 0 Å². The van der Waals surface area contributed by atoms with Gasteiger partial charge in [-0.1, -0.05) is 12.1 Å². The molecule has 0 aliphatic carbocycles. The first kappa shape index (κ1) is 30.0. The molecular weight excluding hydrogens is 557 g/mol. The normalized spacial score (nSPS) is 23.8. The molecule has 0 radical (unpaired) electrons. The topological polar surface area (TPSA) is 90.2 Å². The molecule has 2 fully saturated rings. The van der Waals surface area contributed by atoms with Gasteiger partial charge < -0.3 is 14.5 Å². The molecular formula is C28H39F3N6O3S. The Hall–Kier alpha value is -2.51. The molecule has 13 heteroatoms. The van der Waals surface area contributed by atoms with Crippen LogP contribution in [0.25, 0.3) is 0 Å². The van der Waals surface area contributed by atoms with Gasteiger partial charge in [0.05, 0.1) is 30.3 Å². The largest absolute Gasteiger partial charge is 0.494 e. The minimum absolute atomic E-state index is 0.300. The Labute approximate surface area is 240 Å². The molecule has 226 valence electrons. The standard InChI is InChI=1S/C28H39F3N6O3S/c1-41(38,39)37-18-16-35(17-19-37)13-2-20-40-23-5-3-21(4-6-23)22-10-14-36(15-11-22)26-8-7-25-24(9-12-32-26)27(34-33-25)28(29,30)31/h3-6,22,24H,2,7-20H2,1H3. The van der Waals surface area contributed by atoms with Crippen LogP contribution in [0.1, 0.15) is 50.0 Å². The van der Waals surface area contributed by atoms with Crippen molar-refractivity contribution in [3.05, 3.63) is 29.8 Å². The molecule has 9 nitrogen and oxygen atoms in total. The summed E-state index contributed by atoms with van der Waals surface area (Å²) in [6.07, 6.45) is 1.07. The number of piperazine rings is 1. The van der Waals surface area contributed by atoms with Crippen molar-refractivity contribution < 1.29 is 26.3 Å². The van der Waals surface area contributed by atoms with Crippen molar-refractivity contribution in [3.8, 4) is 5.75 Å². The third kappa shape index (κ3) is 7.66. The van der Waals surface area contributed by atoms with Gasteiger partial charge in [-0.15, -0.1) is 5.10 Å². The van der Waals surface area contributed by atoms with Gasteiger partial charge in [0.1, 0.15) is 5.75 Å². The Kier molecular flexibility index (Phi) is 9.34. The van der Waals surface area contributed by atoms with Gasteiger partial charge in [-0.3, -0.25) is 4.99 Å². The zero-order valence-electron chi connectivity index (χ0n) is 23.5. The zero-order chi connectivity index (χ0) is 29.0. The van der Waals surface area contributed by atoms with Crippen LogP contribution >= 0.6 is 0 Å². The molecule has 0 spiro atoms. The van der Waals surface area contributed by atoms with Crippen molar-refractivity contribution in [1.82, 2.24) is 14.1 Å². The lowest BCUT2D eigenvalue weighted by Gasteiger charge is -2.35. The molecule has 0 bridgehead atoms. The molecule has 1 aromatic rings. The molecule has 1 aromatic carbocycles. The first-order chi connectivity index (χ1) is 19.6. The SMILES string of the molecule is CS(=O)(=O)N1CCN(CCCOc2ccc(C3CCN(C4=NCCC5C(=NN=C5C(F)(F)F)CC4)CC3)cc2)CC1. The van der Waals surface area contributed by atoms with Crippen LogP contribution in [-0.4, -0.2) is 111 Å². The number of nitrogens with zero attached hydrogens (tertiary/aromatic N) is 6. The smallest absolute Gasteiger partial charge is 0.431 e. The van der Waals surface area contributed by atoms with Gasteiger partial charge in [-0.2, -0.15) is 22.6 Å². The maximum atomic E-state index is 13.2. The number of hydrogen-bond acceptors (Lipinski definition) is 8. The van der Waals surface area contributed by atoms with E-state index < -0.39 is 27.8 Å². The minimum Gasteiger partial charge on any atom is -0.494 e. The number of rotatable bonds is 7. The molecule has 4 aliphatic heterocycles. The van der Waals surface area contributed by atoms with Gasteiger partial charge >= 0.3 is 6.18 Å². The summed E-state index contributed by atoms with van der Waals surface area (Å²) >= 11 is 0. The average Bonchev–Trinajstić information content (AvgIpc) is 3.34. The first-order valence-electron chi connectivity index (χ1n) is 14.5. The fraction of sp³-hybridized carbons (Fsp3) is 0.679. The number of likely N-dealkylation sites (tertiary alicyclic amines) is 1. The summed E-state index contributed by atoms with van der Waals surface area (Å²) < 4.78 is 70.5. The Balaban J connectivity index is 1.02. The van der Waals surface area contributed by atoms with Crippen molar-refractivity contribution in [2.24, 2.45) is 21.1 Å². The van der Waals surface area contributed by atoms with E-state index in [9.17, 15) is 21.6 Å². The van der Waals surface area contributed by atoms with E-state index in [0.717, 1.165) is 63.6 Å². The highest BCUT2D eigenvalue weighted by Gasteiger charge is 2.45. The van der Waals surface area contributed by atoms with Crippen LogP contribution in [-0.2, 0) is 10.0 Å². The average molecular weight is 597 g/mol. The summed E-state index contributed by atoms with van der Waals surface area (Å²) in [7, 11) is -3.10. The van der Waals surface area contributed by atoms with E-state index in [1.165, 1.54) is 16.1 Å². The quantitative estimate of drug-likeness (QED) is 0.447. The predicted molar refractivity (Wildman–Crippen MR) is 154 cm³/mol. The van der Waals surface area contributed by atoms with Crippen LogP contribution in [0.5, 0.6) is 5.75 Å². The molecule has 4 heterocycles. The number of benzene rings is 1. The Morgan fingerprint density at radius 1 is 0.951 bits per heavy atom. The van der Waals surface area contributed by atoms with E-state index in [1.807, 2.05) is 12.1 Å². The van der Waals surface area contributed by atoms with E-state index in [2.05, 4.69) is 32.1 Å². The fourth-order valence-electron chi connectivity index (χ4n) is 6.17. The van der Waals surface area contributed by atoms with Crippen molar-refractivity contribution >= 4 is 27.3 Å². The van der Waals surface area contributed by atoms with E-state index in [-0.39, 0.29) is 0 Å². The van der Waals surface area contributed by atoms with Crippen molar-refractivity contribution in [2.75, 3.05) is 65.2 Å². The monoisotopic (exact) mass is 596 g/mol. The van der Waals surface area contributed by atoms with Crippen molar-refractivity contribution in [1.29, 1.82) is 0 Å². The summed E-state index contributed by atoms with van der Waals surface area (Å²) in [5.74, 6) is 1.53.